The van der Waals surface area contributed by atoms with Crippen LogP contribution in [-0.2, 0) is 4.79 Å². The highest BCUT2D eigenvalue weighted by atomic mass is 16.5. The molecule has 1 aliphatic heterocycles. The summed E-state index contributed by atoms with van der Waals surface area (Å²) in [6.07, 6.45) is 0.949. The summed E-state index contributed by atoms with van der Waals surface area (Å²) in [6.45, 7) is 10.0. The molecule has 0 saturated carbocycles. The molecule has 0 aromatic heterocycles. The zero-order chi connectivity index (χ0) is 14.7. The number of rotatable bonds is 4. The molecule has 0 N–H and O–H groups in total. The second kappa shape index (κ2) is 6.27. The van der Waals surface area contributed by atoms with Crippen LogP contribution in [0.25, 0.3) is 0 Å². The molecule has 0 bridgehead atoms. The molecule has 1 aromatic carbocycles. The molecule has 1 saturated heterocycles. The maximum Gasteiger partial charge on any atom is 0.209 e. The lowest BCUT2D eigenvalue weighted by Crippen LogP contribution is -2.46. The molecule has 1 aliphatic rings. The Morgan fingerprint density at radius 1 is 1.15 bits per heavy atom. The largest absolute Gasteiger partial charge is 0.496 e. The van der Waals surface area contributed by atoms with Crippen LogP contribution in [0.15, 0.2) is 12.1 Å². The number of piperazine rings is 1. The lowest BCUT2D eigenvalue weighted by atomic mass is 9.96. The number of benzene rings is 1. The molecule has 1 unspecified atom stereocenters. The van der Waals surface area contributed by atoms with Crippen molar-refractivity contribution in [1.29, 1.82) is 0 Å². The standard InChI is InChI=1S/C16H24N2O2/c1-12-13(2)16(20-4)6-5-15(12)14(3)18-9-7-17(11-19)8-10-18/h5-6,11,14H,7-10H2,1-4H3. The normalized spacial score (nSPS) is 17.9. The first-order chi connectivity index (χ1) is 9.58. The third kappa shape index (κ3) is 2.80. The number of ether oxygens (including phenoxy) is 1. The Hall–Kier alpha value is -1.55. The van der Waals surface area contributed by atoms with Gasteiger partial charge in [-0.25, -0.2) is 0 Å². The minimum absolute atomic E-state index is 0.369. The summed E-state index contributed by atoms with van der Waals surface area (Å²) in [5, 5.41) is 0. The van der Waals surface area contributed by atoms with Gasteiger partial charge in [-0.2, -0.15) is 0 Å². The van der Waals surface area contributed by atoms with Gasteiger partial charge in [-0.1, -0.05) is 6.07 Å². The Kier molecular flexibility index (Phi) is 4.65. The molecular weight excluding hydrogens is 252 g/mol. The van der Waals surface area contributed by atoms with E-state index in [9.17, 15) is 4.79 Å². The maximum atomic E-state index is 10.8. The fraction of sp³-hybridized carbons (Fsp3) is 0.562. The summed E-state index contributed by atoms with van der Waals surface area (Å²) in [5.74, 6) is 0.948. The van der Waals surface area contributed by atoms with Crippen LogP contribution < -0.4 is 4.74 Å². The van der Waals surface area contributed by atoms with Gasteiger partial charge in [0.25, 0.3) is 0 Å². The second-order valence-corrected chi connectivity index (χ2v) is 5.46. The Morgan fingerprint density at radius 2 is 1.80 bits per heavy atom. The van der Waals surface area contributed by atoms with Gasteiger partial charge in [-0.15, -0.1) is 0 Å². The first kappa shape index (κ1) is 14.9. The summed E-state index contributed by atoms with van der Waals surface area (Å²) < 4.78 is 5.38. The fourth-order valence-electron chi connectivity index (χ4n) is 2.92. The third-order valence-corrected chi connectivity index (χ3v) is 4.50. The van der Waals surface area contributed by atoms with Crippen LogP contribution in [0.5, 0.6) is 5.75 Å². The first-order valence-corrected chi connectivity index (χ1v) is 7.16. The topological polar surface area (TPSA) is 32.8 Å². The fourth-order valence-corrected chi connectivity index (χ4v) is 2.92. The zero-order valence-electron chi connectivity index (χ0n) is 12.8. The Labute approximate surface area is 121 Å². The van der Waals surface area contributed by atoms with Gasteiger partial charge in [0, 0.05) is 32.2 Å². The van der Waals surface area contributed by atoms with Crippen molar-refractivity contribution in [2.24, 2.45) is 0 Å². The lowest BCUT2D eigenvalue weighted by Gasteiger charge is -2.37. The molecule has 1 heterocycles. The summed E-state index contributed by atoms with van der Waals surface area (Å²) in [7, 11) is 1.71. The van der Waals surface area contributed by atoms with Crippen LogP contribution in [0, 0.1) is 13.8 Å². The van der Waals surface area contributed by atoms with Gasteiger partial charge in [-0.3, -0.25) is 9.69 Å². The van der Waals surface area contributed by atoms with Crippen LogP contribution in [-0.4, -0.2) is 49.5 Å². The average Bonchev–Trinajstić information content (AvgIpc) is 2.49. The number of amides is 1. The number of methoxy groups -OCH3 is 1. The van der Waals surface area contributed by atoms with E-state index in [-0.39, 0.29) is 0 Å². The maximum absolute atomic E-state index is 10.8. The van der Waals surface area contributed by atoms with Crippen molar-refractivity contribution in [2.45, 2.75) is 26.8 Å². The van der Waals surface area contributed by atoms with E-state index in [0.717, 1.165) is 38.3 Å². The van der Waals surface area contributed by atoms with Crippen LogP contribution in [0.4, 0.5) is 0 Å². The molecule has 4 nitrogen and oxygen atoms in total. The van der Waals surface area contributed by atoms with E-state index >= 15 is 0 Å². The number of carbonyl (C=O) groups is 1. The number of carbonyl (C=O) groups excluding carboxylic acids is 1. The van der Waals surface area contributed by atoms with Crippen LogP contribution in [0.1, 0.15) is 29.7 Å². The average molecular weight is 276 g/mol. The van der Waals surface area contributed by atoms with Crippen LogP contribution >= 0.6 is 0 Å². The van der Waals surface area contributed by atoms with Gasteiger partial charge in [0.15, 0.2) is 0 Å². The van der Waals surface area contributed by atoms with Crippen molar-refractivity contribution in [1.82, 2.24) is 9.80 Å². The number of hydrogen-bond acceptors (Lipinski definition) is 3. The summed E-state index contributed by atoms with van der Waals surface area (Å²) in [5.41, 5.74) is 3.86. The number of hydrogen-bond donors (Lipinski definition) is 0. The van der Waals surface area contributed by atoms with Gasteiger partial charge in [0.1, 0.15) is 5.75 Å². The lowest BCUT2D eigenvalue weighted by molar-refractivity contribution is -0.120. The van der Waals surface area contributed by atoms with E-state index in [1.807, 2.05) is 4.90 Å². The molecule has 1 amide bonds. The summed E-state index contributed by atoms with van der Waals surface area (Å²) in [6, 6.07) is 4.58. The molecule has 0 radical (unpaired) electrons. The Morgan fingerprint density at radius 3 is 2.35 bits per heavy atom. The molecule has 0 aliphatic carbocycles. The van der Waals surface area contributed by atoms with Gasteiger partial charge >= 0.3 is 0 Å². The van der Waals surface area contributed by atoms with Gasteiger partial charge in [0.2, 0.25) is 6.41 Å². The molecule has 1 fully saturated rings. The highest BCUT2D eigenvalue weighted by molar-refractivity contribution is 5.47. The van der Waals surface area contributed by atoms with E-state index in [2.05, 4.69) is 37.8 Å². The molecule has 4 heteroatoms. The van der Waals surface area contributed by atoms with Gasteiger partial charge < -0.3 is 9.64 Å². The molecule has 2 rings (SSSR count). The molecule has 1 atom stereocenters. The zero-order valence-corrected chi connectivity index (χ0v) is 12.8. The van der Waals surface area contributed by atoms with Crippen LogP contribution in [0.2, 0.25) is 0 Å². The van der Waals surface area contributed by atoms with E-state index in [0.29, 0.717) is 6.04 Å². The molecule has 20 heavy (non-hydrogen) atoms. The third-order valence-electron chi connectivity index (χ3n) is 4.50. The summed E-state index contributed by atoms with van der Waals surface area (Å²) in [4.78, 5) is 15.1. The molecular formula is C16H24N2O2. The molecule has 110 valence electrons. The quantitative estimate of drug-likeness (QED) is 0.790. The van der Waals surface area contributed by atoms with E-state index < -0.39 is 0 Å². The van der Waals surface area contributed by atoms with E-state index in [4.69, 9.17) is 4.74 Å². The van der Waals surface area contributed by atoms with E-state index in [1.54, 1.807) is 7.11 Å². The SMILES string of the molecule is COc1ccc(C(C)N2CCN(C=O)CC2)c(C)c1C. The van der Waals surface area contributed by atoms with E-state index in [1.165, 1.54) is 16.7 Å². The van der Waals surface area contributed by atoms with Crippen molar-refractivity contribution < 1.29 is 9.53 Å². The van der Waals surface area contributed by atoms with Crippen molar-refractivity contribution in [3.8, 4) is 5.75 Å². The second-order valence-electron chi connectivity index (χ2n) is 5.46. The smallest absolute Gasteiger partial charge is 0.209 e. The van der Waals surface area contributed by atoms with Gasteiger partial charge in [-0.05, 0) is 43.5 Å². The van der Waals surface area contributed by atoms with Gasteiger partial charge in [0.05, 0.1) is 7.11 Å². The van der Waals surface area contributed by atoms with Crippen molar-refractivity contribution >= 4 is 6.41 Å². The molecule has 0 spiro atoms. The predicted molar refractivity (Wildman–Crippen MR) is 80.1 cm³/mol. The highest BCUT2D eigenvalue weighted by Crippen LogP contribution is 2.30. The molecule has 1 aromatic rings. The summed E-state index contributed by atoms with van der Waals surface area (Å²) >= 11 is 0. The first-order valence-electron chi connectivity index (χ1n) is 7.16. The van der Waals surface area contributed by atoms with Crippen molar-refractivity contribution in [2.75, 3.05) is 33.3 Å². The Balaban J connectivity index is 2.15. The monoisotopic (exact) mass is 276 g/mol. The predicted octanol–water partition coefficient (Wildman–Crippen LogP) is 2.15. The minimum Gasteiger partial charge on any atom is -0.496 e. The minimum atomic E-state index is 0.369. The van der Waals surface area contributed by atoms with Crippen LogP contribution in [0.3, 0.4) is 0 Å². The van der Waals surface area contributed by atoms with Crippen molar-refractivity contribution in [3.63, 3.8) is 0 Å². The van der Waals surface area contributed by atoms with Crippen molar-refractivity contribution in [3.05, 3.63) is 28.8 Å². The number of nitrogens with zero attached hydrogens (tertiary/aromatic N) is 2. The Bertz CT molecular complexity index is 480. The highest BCUT2D eigenvalue weighted by Gasteiger charge is 2.23.